The fraction of sp³-hybridized carbons (Fsp3) is 0.400. The quantitative estimate of drug-likeness (QED) is 0.866. The minimum absolute atomic E-state index is 0.397. The van der Waals surface area contributed by atoms with Gasteiger partial charge in [-0.3, -0.25) is 0 Å². The van der Waals surface area contributed by atoms with Crippen molar-refractivity contribution in [3.8, 4) is 5.75 Å². The van der Waals surface area contributed by atoms with Gasteiger partial charge in [0.25, 0.3) is 0 Å². The van der Waals surface area contributed by atoms with Gasteiger partial charge < -0.3 is 10.4 Å². The molecule has 0 fully saturated rings. The molecule has 0 saturated carbocycles. The van der Waals surface area contributed by atoms with E-state index in [1.807, 2.05) is 19.2 Å². The minimum Gasteiger partial charge on any atom is -0.508 e. The Morgan fingerprint density at radius 3 is 2.77 bits per heavy atom. The molecule has 0 saturated heterocycles. The van der Waals surface area contributed by atoms with E-state index in [4.69, 9.17) is 0 Å². The summed E-state index contributed by atoms with van der Waals surface area (Å²) in [6.07, 6.45) is 4.75. The molecule has 1 aliphatic rings. The molecule has 116 valence electrons. The Hall–Kier alpha value is -1.80. The van der Waals surface area contributed by atoms with E-state index >= 15 is 0 Å². The summed E-state index contributed by atoms with van der Waals surface area (Å²) in [5.41, 5.74) is 4.20. The van der Waals surface area contributed by atoms with Crippen LogP contribution in [-0.2, 0) is 6.42 Å². The van der Waals surface area contributed by atoms with Crippen LogP contribution in [0.3, 0.4) is 0 Å². The van der Waals surface area contributed by atoms with Gasteiger partial charge in [0.15, 0.2) is 0 Å². The molecule has 2 nitrogen and oxygen atoms in total. The summed E-state index contributed by atoms with van der Waals surface area (Å²) < 4.78 is 0. The van der Waals surface area contributed by atoms with Gasteiger partial charge >= 0.3 is 0 Å². The van der Waals surface area contributed by atoms with E-state index < -0.39 is 0 Å². The lowest BCUT2D eigenvalue weighted by molar-refractivity contribution is 0.452. The first-order valence-corrected chi connectivity index (χ1v) is 8.29. The SMILES string of the molecule is CNCC(CC1CCCc2cc(O)ccc21)c1ccccc1. The van der Waals surface area contributed by atoms with Crippen molar-refractivity contribution in [2.75, 3.05) is 13.6 Å². The summed E-state index contributed by atoms with van der Waals surface area (Å²) in [6, 6.07) is 16.7. The molecule has 2 aromatic rings. The van der Waals surface area contributed by atoms with E-state index in [1.54, 1.807) is 0 Å². The summed E-state index contributed by atoms with van der Waals surface area (Å²) in [5.74, 6) is 1.54. The van der Waals surface area contributed by atoms with Crippen molar-refractivity contribution in [1.29, 1.82) is 0 Å². The van der Waals surface area contributed by atoms with E-state index in [0.29, 0.717) is 17.6 Å². The van der Waals surface area contributed by atoms with Crippen LogP contribution in [0.25, 0.3) is 0 Å². The first kappa shape index (κ1) is 15.1. The molecule has 1 aliphatic carbocycles. The second-order valence-corrected chi connectivity index (χ2v) is 6.37. The summed E-state index contributed by atoms with van der Waals surface area (Å²) in [7, 11) is 2.03. The normalized spacial score (nSPS) is 18.7. The third-order valence-electron chi connectivity index (χ3n) is 4.86. The van der Waals surface area contributed by atoms with Crippen molar-refractivity contribution in [3.63, 3.8) is 0 Å². The first-order valence-electron chi connectivity index (χ1n) is 8.29. The molecule has 2 heteroatoms. The molecule has 0 aromatic heterocycles. The van der Waals surface area contributed by atoms with E-state index in [9.17, 15) is 5.11 Å². The molecule has 2 N–H and O–H groups in total. The van der Waals surface area contributed by atoms with Gasteiger partial charge in [0.2, 0.25) is 0 Å². The Labute approximate surface area is 133 Å². The molecule has 22 heavy (non-hydrogen) atoms. The van der Waals surface area contributed by atoms with Crippen LogP contribution in [0.4, 0.5) is 0 Å². The number of fused-ring (bicyclic) bond motifs is 1. The average molecular weight is 295 g/mol. The molecule has 0 spiro atoms. The number of nitrogens with one attached hydrogen (secondary N) is 1. The lowest BCUT2D eigenvalue weighted by Gasteiger charge is -2.29. The maximum Gasteiger partial charge on any atom is 0.115 e. The summed E-state index contributed by atoms with van der Waals surface area (Å²) >= 11 is 0. The smallest absolute Gasteiger partial charge is 0.115 e. The highest BCUT2D eigenvalue weighted by Crippen LogP contribution is 2.39. The maximum atomic E-state index is 9.71. The number of hydrogen-bond donors (Lipinski definition) is 2. The van der Waals surface area contributed by atoms with Crippen LogP contribution >= 0.6 is 0 Å². The predicted octanol–water partition coefficient (Wildman–Crippen LogP) is 4.21. The maximum absolute atomic E-state index is 9.71. The van der Waals surface area contributed by atoms with Crippen LogP contribution in [0.2, 0.25) is 0 Å². The number of phenolic OH excluding ortho intramolecular Hbond substituents is 1. The second-order valence-electron chi connectivity index (χ2n) is 6.37. The molecule has 3 rings (SSSR count). The standard InChI is InChI=1S/C20H25NO/c1-21-14-18(15-6-3-2-4-7-15)12-16-8-5-9-17-13-19(22)10-11-20(16)17/h2-4,6-7,10-11,13,16,18,21-22H,5,8-9,12,14H2,1H3. The number of likely N-dealkylation sites (N-methyl/N-ethyl adjacent to an activating group) is 1. The molecule has 0 radical (unpaired) electrons. The molecule has 2 unspecified atom stereocenters. The number of benzene rings is 2. The fourth-order valence-corrected chi connectivity index (χ4v) is 3.80. The number of rotatable bonds is 5. The largest absolute Gasteiger partial charge is 0.508 e. The number of aryl methyl sites for hydroxylation is 1. The van der Waals surface area contributed by atoms with Crippen LogP contribution in [0.15, 0.2) is 48.5 Å². The summed E-state index contributed by atoms with van der Waals surface area (Å²) in [5, 5.41) is 13.1. The second kappa shape index (κ2) is 6.97. The minimum atomic E-state index is 0.397. The van der Waals surface area contributed by atoms with E-state index in [1.165, 1.54) is 36.0 Å². The first-order chi connectivity index (χ1) is 10.8. The van der Waals surface area contributed by atoms with Gasteiger partial charge in [-0.15, -0.1) is 0 Å². The fourth-order valence-electron chi connectivity index (χ4n) is 3.80. The monoisotopic (exact) mass is 295 g/mol. The Morgan fingerprint density at radius 2 is 2.00 bits per heavy atom. The van der Waals surface area contributed by atoms with Crippen molar-refractivity contribution < 1.29 is 5.11 Å². The molecule has 2 atom stereocenters. The van der Waals surface area contributed by atoms with Crippen LogP contribution in [-0.4, -0.2) is 18.7 Å². The Bertz CT molecular complexity index is 608. The van der Waals surface area contributed by atoms with Gasteiger partial charge in [-0.05, 0) is 73.4 Å². The lowest BCUT2D eigenvalue weighted by atomic mass is 9.76. The molecule has 0 heterocycles. The van der Waals surface area contributed by atoms with Crippen molar-refractivity contribution in [2.45, 2.75) is 37.5 Å². The molecule has 0 bridgehead atoms. The van der Waals surface area contributed by atoms with Crippen LogP contribution < -0.4 is 5.32 Å². The number of aromatic hydroxyl groups is 1. The van der Waals surface area contributed by atoms with Gasteiger partial charge in [0.05, 0.1) is 0 Å². The zero-order valence-corrected chi connectivity index (χ0v) is 13.3. The zero-order chi connectivity index (χ0) is 15.4. The molecular weight excluding hydrogens is 270 g/mol. The van der Waals surface area contributed by atoms with E-state index in [-0.39, 0.29) is 0 Å². The molecule has 0 aliphatic heterocycles. The topological polar surface area (TPSA) is 32.3 Å². The van der Waals surface area contributed by atoms with Gasteiger partial charge in [-0.1, -0.05) is 36.4 Å². The third kappa shape index (κ3) is 3.33. The van der Waals surface area contributed by atoms with Gasteiger partial charge in [-0.25, -0.2) is 0 Å². The Kier molecular flexibility index (Phi) is 4.79. The van der Waals surface area contributed by atoms with Crippen molar-refractivity contribution in [3.05, 3.63) is 65.2 Å². The highest BCUT2D eigenvalue weighted by Gasteiger charge is 2.24. The van der Waals surface area contributed by atoms with Gasteiger partial charge in [0.1, 0.15) is 5.75 Å². The van der Waals surface area contributed by atoms with Crippen LogP contribution in [0.1, 0.15) is 47.8 Å². The van der Waals surface area contributed by atoms with Gasteiger partial charge in [-0.2, -0.15) is 0 Å². The van der Waals surface area contributed by atoms with Crippen LogP contribution in [0, 0.1) is 0 Å². The molecule has 2 aromatic carbocycles. The van der Waals surface area contributed by atoms with E-state index in [2.05, 4.69) is 41.7 Å². The van der Waals surface area contributed by atoms with E-state index in [0.717, 1.165) is 13.0 Å². The number of hydrogen-bond acceptors (Lipinski definition) is 2. The van der Waals surface area contributed by atoms with Crippen molar-refractivity contribution in [1.82, 2.24) is 5.32 Å². The van der Waals surface area contributed by atoms with Crippen molar-refractivity contribution in [2.24, 2.45) is 0 Å². The highest BCUT2D eigenvalue weighted by molar-refractivity contribution is 5.39. The summed E-state index contributed by atoms with van der Waals surface area (Å²) in [4.78, 5) is 0. The molecule has 0 amide bonds. The summed E-state index contributed by atoms with van der Waals surface area (Å²) in [6.45, 7) is 1.01. The van der Waals surface area contributed by atoms with Crippen molar-refractivity contribution >= 4 is 0 Å². The van der Waals surface area contributed by atoms with Crippen LogP contribution in [0.5, 0.6) is 5.75 Å². The number of phenols is 1. The lowest BCUT2D eigenvalue weighted by Crippen LogP contribution is -2.21. The zero-order valence-electron chi connectivity index (χ0n) is 13.3. The third-order valence-corrected chi connectivity index (χ3v) is 4.86. The highest BCUT2D eigenvalue weighted by atomic mass is 16.3. The van der Waals surface area contributed by atoms with Gasteiger partial charge in [0, 0.05) is 6.54 Å². The Balaban J connectivity index is 1.82. The molecular formula is C20H25NO. The Morgan fingerprint density at radius 1 is 1.18 bits per heavy atom. The average Bonchev–Trinajstić information content (AvgIpc) is 2.55. The predicted molar refractivity (Wildman–Crippen MR) is 91.5 cm³/mol.